The summed E-state index contributed by atoms with van der Waals surface area (Å²) in [6, 6.07) is 13.3. The van der Waals surface area contributed by atoms with E-state index in [-0.39, 0.29) is 5.41 Å². The Hall–Kier alpha value is -1.59. The van der Waals surface area contributed by atoms with Gasteiger partial charge in [0.15, 0.2) is 0 Å². The topological polar surface area (TPSA) is 35.8 Å². The third-order valence-corrected chi connectivity index (χ3v) is 4.99. The average Bonchev–Trinajstić information content (AvgIpc) is 2.52. The quantitative estimate of drug-likeness (QED) is 0.825. The first kappa shape index (κ1) is 14.4. The summed E-state index contributed by atoms with van der Waals surface area (Å²) in [5, 5.41) is 13.2. The number of nitrogens with one attached hydrogen (secondary N) is 1. The molecule has 1 aromatic rings. The van der Waals surface area contributed by atoms with Gasteiger partial charge in [-0.1, -0.05) is 42.0 Å². The van der Waals surface area contributed by atoms with Crippen molar-refractivity contribution in [1.29, 1.82) is 5.26 Å². The van der Waals surface area contributed by atoms with Gasteiger partial charge in [0, 0.05) is 6.04 Å². The molecule has 2 aliphatic carbocycles. The Morgan fingerprint density at radius 2 is 2.00 bits per heavy atom. The van der Waals surface area contributed by atoms with Gasteiger partial charge in [0.2, 0.25) is 0 Å². The van der Waals surface area contributed by atoms with Gasteiger partial charge in [-0.15, -0.1) is 0 Å². The first-order chi connectivity index (χ1) is 10.3. The minimum atomic E-state index is -0.247. The summed E-state index contributed by atoms with van der Waals surface area (Å²) < 4.78 is 0. The molecule has 0 amide bonds. The fraction of sp³-hybridized carbons (Fsp3) is 0.526. The SMILES string of the molecule is N#CC1(c2ccccc2)CC(NCCC2=CCCCC2)C1. The summed E-state index contributed by atoms with van der Waals surface area (Å²) in [4.78, 5) is 0. The highest BCUT2D eigenvalue weighted by Gasteiger charge is 2.45. The predicted molar refractivity (Wildman–Crippen MR) is 85.9 cm³/mol. The molecule has 2 aliphatic rings. The number of allylic oxidation sites excluding steroid dienone is 1. The second-order valence-electron chi connectivity index (χ2n) is 6.48. The molecule has 21 heavy (non-hydrogen) atoms. The van der Waals surface area contributed by atoms with Crippen molar-refractivity contribution in [3.63, 3.8) is 0 Å². The molecule has 2 heteroatoms. The largest absolute Gasteiger partial charge is 0.314 e. The van der Waals surface area contributed by atoms with Crippen LogP contribution in [-0.2, 0) is 5.41 Å². The molecule has 1 aromatic carbocycles. The zero-order valence-electron chi connectivity index (χ0n) is 12.6. The molecular formula is C19H24N2. The molecule has 0 aliphatic heterocycles. The zero-order chi connectivity index (χ0) is 14.5. The molecule has 1 saturated carbocycles. The molecule has 0 aromatic heterocycles. The lowest BCUT2D eigenvalue weighted by atomic mass is 9.62. The fourth-order valence-electron chi connectivity index (χ4n) is 3.64. The number of rotatable bonds is 5. The molecule has 1 N–H and O–H groups in total. The van der Waals surface area contributed by atoms with Gasteiger partial charge in [0.1, 0.15) is 0 Å². The lowest BCUT2D eigenvalue weighted by molar-refractivity contribution is 0.228. The number of nitrogens with zero attached hydrogens (tertiary/aromatic N) is 1. The lowest BCUT2D eigenvalue weighted by Gasteiger charge is -2.43. The second kappa shape index (κ2) is 6.45. The van der Waals surface area contributed by atoms with Crippen molar-refractivity contribution in [2.45, 2.75) is 56.4 Å². The van der Waals surface area contributed by atoms with E-state index in [1.54, 1.807) is 5.57 Å². The van der Waals surface area contributed by atoms with E-state index in [1.807, 2.05) is 18.2 Å². The van der Waals surface area contributed by atoms with Crippen molar-refractivity contribution < 1.29 is 0 Å². The average molecular weight is 280 g/mol. The van der Waals surface area contributed by atoms with E-state index in [2.05, 4.69) is 29.6 Å². The van der Waals surface area contributed by atoms with Gasteiger partial charge in [-0.25, -0.2) is 0 Å². The van der Waals surface area contributed by atoms with Crippen LogP contribution in [-0.4, -0.2) is 12.6 Å². The third-order valence-electron chi connectivity index (χ3n) is 4.99. The minimum absolute atomic E-state index is 0.247. The van der Waals surface area contributed by atoms with Crippen LogP contribution in [0.5, 0.6) is 0 Å². The molecule has 0 spiro atoms. The number of nitriles is 1. The van der Waals surface area contributed by atoms with Crippen LogP contribution in [0.2, 0.25) is 0 Å². The maximum atomic E-state index is 9.55. The molecule has 1 fully saturated rings. The first-order valence-corrected chi connectivity index (χ1v) is 8.20. The Bertz CT molecular complexity index is 532. The van der Waals surface area contributed by atoms with Crippen molar-refractivity contribution in [3.05, 3.63) is 47.5 Å². The normalized spacial score (nSPS) is 28.3. The van der Waals surface area contributed by atoms with Crippen LogP contribution in [0.25, 0.3) is 0 Å². The van der Waals surface area contributed by atoms with Crippen LogP contribution < -0.4 is 5.32 Å². The van der Waals surface area contributed by atoms with Crippen molar-refractivity contribution in [2.24, 2.45) is 0 Å². The van der Waals surface area contributed by atoms with E-state index in [0.717, 1.165) is 19.4 Å². The highest BCUT2D eigenvalue weighted by atomic mass is 14.9. The summed E-state index contributed by atoms with van der Waals surface area (Å²) in [6.07, 6.45) is 10.8. The summed E-state index contributed by atoms with van der Waals surface area (Å²) in [7, 11) is 0. The molecule has 0 heterocycles. The third kappa shape index (κ3) is 3.19. The van der Waals surface area contributed by atoms with Crippen molar-refractivity contribution in [1.82, 2.24) is 5.32 Å². The van der Waals surface area contributed by atoms with Gasteiger partial charge in [-0.3, -0.25) is 0 Å². The zero-order valence-corrected chi connectivity index (χ0v) is 12.6. The van der Waals surface area contributed by atoms with Crippen LogP contribution in [0.3, 0.4) is 0 Å². The molecular weight excluding hydrogens is 256 g/mol. The van der Waals surface area contributed by atoms with Crippen LogP contribution in [0.4, 0.5) is 0 Å². The summed E-state index contributed by atoms with van der Waals surface area (Å²) in [5.74, 6) is 0. The van der Waals surface area contributed by atoms with Gasteiger partial charge >= 0.3 is 0 Å². The molecule has 110 valence electrons. The van der Waals surface area contributed by atoms with Gasteiger partial charge in [-0.05, 0) is 57.1 Å². The summed E-state index contributed by atoms with van der Waals surface area (Å²) >= 11 is 0. The Kier molecular flexibility index (Phi) is 4.41. The first-order valence-electron chi connectivity index (χ1n) is 8.20. The second-order valence-corrected chi connectivity index (χ2v) is 6.48. The highest BCUT2D eigenvalue weighted by Crippen LogP contribution is 2.43. The maximum absolute atomic E-state index is 9.55. The summed E-state index contributed by atoms with van der Waals surface area (Å²) in [6.45, 7) is 1.06. The van der Waals surface area contributed by atoms with Gasteiger partial charge in [0.25, 0.3) is 0 Å². The number of benzene rings is 1. The molecule has 2 nitrogen and oxygen atoms in total. The van der Waals surface area contributed by atoms with E-state index < -0.39 is 0 Å². The van der Waals surface area contributed by atoms with E-state index >= 15 is 0 Å². The number of hydrogen-bond acceptors (Lipinski definition) is 2. The minimum Gasteiger partial charge on any atom is -0.314 e. The number of hydrogen-bond donors (Lipinski definition) is 1. The van der Waals surface area contributed by atoms with Crippen LogP contribution >= 0.6 is 0 Å². The van der Waals surface area contributed by atoms with Crippen LogP contribution in [0, 0.1) is 11.3 Å². The van der Waals surface area contributed by atoms with Crippen molar-refractivity contribution in [3.8, 4) is 6.07 Å². The molecule has 0 radical (unpaired) electrons. The van der Waals surface area contributed by atoms with Crippen LogP contribution in [0.15, 0.2) is 42.0 Å². The highest BCUT2D eigenvalue weighted by molar-refractivity contribution is 5.36. The standard InChI is InChI=1S/C19H24N2/c20-15-19(17-9-5-2-6-10-17)13-18(14-19)21-12-11-16-7-3-1-4-8-16/h2,5-7,9-10,18,21H,1,3-4,8,11-14H2. The Morgan fingerprint density at radius 3 is 2.67 bits per heavy atom. The Labute approximate surface area is 127 Å². The smallest absolute Gasteiger partial charge is 0.0852 e. The van der Waals surface area contributed by atoms with E-state index in [0.29, 0.717) is 6.04 Å². The van der Waals surface area contributed by atoms with Crippen molar-refractivity contribution >= 4 is 0 Å². The predicted octanol–water partition coefficient (Wildman–Crippen LogP) is 4.09. The van der Waals surface area contributed by atoms with E-state index in [9.17, 15) is 5.26 Å². The van der Waals surface area contributed by atoms with E-state index in [4.69, 9.17) is 0 Å². The Balaban J connectivity index is 1.46. The summed E-state index contributed by atoms with van der Waals surface area (Å²) in [5.41, 5.74) is 2.56. The van der Waals surface area contributed by atoms with Crippen molar-refractivity contribution in [2.75, 3.05) is 6.54 Å². The van der Waals surface area contributed by atoms with Gasteiger partial charge < -0.3 is 5.32 Å². The monoisotopic (exact) mass is 280 g/mol. The molecule has 0 bridgehead atoms. The molecule has 0 atom stereocenters. The molecule has 0 saturated heterocycles. The van der Waals surface area contributed by atoms with Gasteiger partial charge in [0.05, 0.1) is 11.5 Å². The molecule has 0 unspecified atom stereocenters. The van der Waals surface area contributed by atoms with Gasteiger partial charge in [-0.2, -0.15) is 5.26 Å². The fourth-order valence-corrected chi connectivity index (χ4v) is 3.64. The lowest BCUT2D eigenvalue weighted by Crippen LogP contribution is -2.51. The Morgan fingerprint density at radius 1 is 1.19 bits per heavy atom. The maximum Gasteiger partial charge on any atom is 0.0852 e. The van der Waals surface area contributed by atoms with Crippen LogP contribution in [0.1, 0.15) is 50.5 Å². The van der Waals surface area contributed by atoms with E-state index in [1.165, 1.54) is 37.7 Å². The molecule has 3 rings (SSSR count).